The molecule has 2 nitrogen and oxygen atoms in total. The molecule has 3 rings (SSSR count). The Morgan fingerprint density at radius 3 is 2.44 bits per heavy atom. The lowest BCUT2D eigenvalue weighted by atomic mass is 9.94. The van der Waals surface area contributed by atoms with Gasteiger partial charge in [-0.15, -0.1) is 0 Å². The zero-order valence-electron chi connectivity index (χ0n) is 9.84. The van der Waals surface area contributed by atoms with E-state index in [2.05, 4.69) is 22.0 Å². The van der Waals surface area contributed by atoms with Crippen LogP contribution < -0.4 is 10.5 Å². The summed E-state index contributed by atoms with van der Waals surface area (Å²) < 4.78 is 7.13. The van der Waals surface area contributed by atoms with E-state index in [1.807, 2.05) is 42.5 Å². The second-order valence-corrected chi connectivity index (χ2v) is 5.36. The van der Waals surface area contributed by atoms with Gasteiger partial charge in [-0.3, -0.25) is 0 Å². The summed E-state index contributed by atoms with van der Waals surface area (Å²) in [6, 6.07) is 16.2. The zero-order valence-corrected chi connectivity index (χ0v) is 11.4. The molecule has 0 saturated carbocycles. The second kappa shape index (κ2) is 4.75. The fourth-order valence-corrected chi connectivity index (χ4v) is 2.92. The molecule has 1 unspecified atom stereocenters. The van der Waals surface area contributed by atoms with Crippen LogP contribution in [0.5, 0.6) is 5.75 Å². The first-order valence-corrected chi connectivity index (χ1v) is 6.80. The topological polar surface area (TPSA) is 35.2 Å². The van der Waals surface area contributed by atoms with E-state index in [4.69, 9.17) is 10.5 Å². The Balaban J connectivity index is 1.97. The summed E-state index contributed by atoms with van der Waals surface area (Å²) in [6.45, 7) is 0. The first kappa shape index (κ1) is 11.8. The predicted octanol–water partition coefficient (Wildman–Crippen LogP) is 3.97. The van der Waals surface area contributed by atoms with Gasteiger partial charge in [-0.05, 0) is 12.1 Å². The van der Waals surface area contributed by atoms with Crippen molar-refractivity contribution in [2.24, 2.45) is 5.73 Å². The molecule has 1 aliphatic heterocycles. The maximum Gasteiger partial charge on any atom is 0.127 e. The van der Waals surface area contributed by atoms with E-state index >= 15 is 0 Å². The average Bonchev–Trinajstić information content (AvgIpc) is 2.39. The largest absolute Gasteiger partial charge is 0.485 e. The Kier molecular flexibility index (Phi) is 3.10. The average molecular weight is 304 g/mol. The van der Waals surface area contributed by atoms with E-state index in [-0.39, 0.29) is 12.1 Å². The highest BCUT2D eigenvalue weighted by Crippen LogP contribution is 2.41. The summed E-state index contributed by atoms with van der Waals surface area (Å²) in [5, 5.41) is 0. The minimum absolute atomic E-state index is 0.0190. The van der Waals surface area contributed by atoms with E-state index in [9.17, 15) is 0 Å². The number of fused-ring (bicyclic) bond motifs is 1. The van der Waals surface area contributed by atoms with Crippen molar-refractivity contribution in [3.63, 3.8) is 0 Å². The maximum atomic E-state index is 6.23. The van der Waals surface area contributed by atoms with Crippen LogP contribution in [0.2, 0.25) is 0 Å². The zero-order chi connectivity index (χ0) is 12.5. The van der Waals surface area contributed by atoms with Crippen molar-refractivity contribution in [1.29, 1.82) is 0 Å². The van der Waals surface area contributed by atoms with E-state index in [1.54, 1.807) is 0 Å². The van der Waals surface area contributed by atoms with Gasteiger partial charge in [0.1, 0.15) is 11.9 Å². The van der Waals surface area contributed by atoms with Gasteiger partial charge in [-0.2, -0.15) is 0 Å². The van der Waals surface area contributed by atoms with Crippen LogP contribution in [-0.4, -0.2) is 0 Å². The number of benzene rings is 2. The fourth-order valence-electron chi connectivity index (χ4n) is 2.38. The molecule has 1 heterocycles. The van der Waals surface area contributed by atoms with Crippen molar-refractivity contribution < 1.29 is 4.74 Å². The van der Waals surface area contributed by atoms with Crippen molar-refractivity contribution in [2.75, 3.05) is 0 Å². The third kappa shape index (κ3) is 2.04. The molecule has 0 radical (unpaired) electrons. The molecule has 0 aliphatic carbocycles. The minimum atomic E-state index is 0.0190. The molecular weight excluding hydrogens is 290 g/mol. The van der Waals surface area contributed by atoms with Crippen molar-refractivity contribution >= 4 is 15.9 Å². The van der Waals surface area contributed by atoms with Crippen molar-refractivity contribution in [3.8, 4) is 5.75 Å². The van der Waals surface area contributed by atoms with Gasteiger partial charge in [-0.1, -0.05) is 52.3 Å². The molecule has 0 aromatic heterocycles. The normalized spacial score (nSPS) is 22.1. The molecular formula is C15H14BrNO. The molecule has 92 valence electrons. The predicted molar refractivity (Wildman–Crippen MR) is 75.5 cm³/mol. The van der Waals surface area contributed by atoms with Crippen molar-refractivity contribution in [1.82, 2.24) is 0 Å². The Hall–Kier alpha value is -1.32. The van der Waals surface area contributed by atoms with Crippen LogP contribution in [0.3, 0.4) is 0 Å². The van der Waals surface area contributed by atoms with Gasteiger partial charge in [0.05, 0.1) is 0 Å². The molecule has 2 atom stereocenters. The van der Waals surface area contributed by atoms with Crippen LogP contribution in [0.25, 0.3) is 0 Å². The number of nitrogens with two attached hydrogens (primary N) is 1. The first-order chi connectivity index (χ1) is 8.75. The molecule has 0 fully saturated rings. The molecule has 0 spiro atoms. The highest BCUT2D eigenvalue weighted by molar-refractivity contribution is 9.10. The first-order valence-electron chi connectivity index (χ1n) is 6.01. The van der Waals surface area contributed by atoms with Crippen molar-refractivity contribution in [2.45, 2.75) is 18.6 Å². The lowest BCUT2D eigenvalue weighted by molar-refractivity contribution is 0.161. The van der Waals surface area contributed by atoms with Gasteiger partial charge in [0.25, 0.3) is 0 Å². The smallest absolute Gasteiger partial charge is 0.127 e. The van der Waals surface area contributed by atoms with E-state index in [0.29, 0.717) is 0 Å². The van der Waals surface area contributed by atoms with E-state index < -0.39 is 0 Å². The van der Waals surface area contributed by atoms with Gasteiger partial charge in [0.15, 0.2) is 0 Å². The molecule has 1 aliphatic rings. The maximum absolute atomic E-state index is 6.23. The highest BCUT2D eigenvalue weighted by atomic mass is 79.9. The summed E-state index contributed by atoms with van der Waals surface area (Å²) >= 11 is 3.57. The molecule has 0 amide bonds. The lowest BCUT2D eigenvalue weighted by Crippen LogP contribution is -2.24. The van der Waals surface area contributed by atoms with Crippen LogP contribution in [0.15, 0.2) is 53.0 Å². The van der Waals surface area contributed by atoms with Crippen LogP contribution in [0.1, 0.15) is 29.7 Å². The third-order valence-electron chi connectivity index (χ3n) is 3.31. The Bertz CT molecular complexity index is 570. The lowest BCUT2D eigenvalue weighted by Gasteiger charge is -2.31. The van der Waals surface area contributed by atoms with Gasteiger partial charge < -0.3 is 10.5 Å². The summed E-state index contributed by atoms with van der Waals surface area (Å²) in [5.41, 5.74) is 8.48. The van der Waals surface area contributed by atoms with Gasteiger partial charge in [-0.25, -0.2) is 0 Å². The fraction of sp³-hybridized carbons (Fsp3) is 0.200. The van der Waals surface area contributed by atoms with Crippen molar-refractivity contribution in [3.05, 3.63) is 64.1 Å². The summed E-state index contributed by atoms with van der Waals surface area (Å²) in [7, 11) is 0. The molecule has 0 bridgehead atoms. The van der Waals surface area contributed by atoms with E-state index in [1.165, 1.54) is 0 Å². The molecule has 2 N–H and O–H groups in total. The van der Waals surface area contributed by atoms with E-state index in [0.717, 1.165) is 27.8 Å². The Morgan fingerprint density at radius 1 is 1.00 bits per heavy atom. The third-order valence-corrected chi connectivity index (χ3v) is 4.03. The number of para-hydroxylation sites is 1. The number of ether oxygens (including phenoxy) is 1. The van der Waals surface area contributed by atoms with Crippen LogP contribution in [-0.2, 0) is 0 Å². The molecule has 2 aromatic rings. The van der Waals surface area contributed by atoms with Gasteiger partial charge in [0, 0.05) is 28.1 Å². The quantitative estimate of drug-likeness (QED) is 0.865. The number of halogens is 1. The molecule has 18 heavy (non-hydrogen) atoms. The highest BCUT2D eigenvalue weighted by Gasteiger charge is 2.27. The molecule has 3 heteroatoms. The Labute approximate surface area is 115 Å². The summed E-state index contributed by atoms with van der Waals surface area (Å²) in [5.74, 6) is 0.900. The second-order valence-electron chi connectivity index (χ2n) is 4.51. The van der Waals surface area contributed by atoms with Gasteiger partial charge in [0.2, 0.25) is 0 Å². The number of hydrogen-bond acceptors (Lipinski definition) is 2. The number of hydrogen-bond donors (Lipinski definition) is 1. The standard InChI is InChI=1S/C15H14BrNO/c16-12-7-3-1-5-10(12)15-9-13(17)11-6-2-4-8-14(11)18-15/h1-8,13,15H,9,17H2/t13-,15?/m1/s1. The summed E-state index contributed by atoms with van der Waals surface area (Å²) in [6.07, 6.45) is 0.824. The number of rotatable bonds is 1. The summed E-state index contributed by atoms with van der Waals surface area (Å²) in [4.78, 5) is 0. The van der Waals surface area contributed by atoms with Gasteiger partial charge >= 0.3 is 0 Å². The van der Waals surface area contributed by atoms with Crippen LogP contribution >= 0.6 is 15.9 Å². The SMILES string of the molecule is N[C@@H]1CC(c2ccccc2Br)Oc2ccccc21. The molecule has 0 saturated heterocycles. The monoisotopic (exact) mass is 303 g/mol. The van der Waals surface area contributed by atoms with Crippen LogP contribution in [0.4, 0.5) is 0 Å². The Morgan fingerprint density at radius 2 is 1.67 bits per heavy atom. The van der Waals surface area contributed by atoms with Crippen LogP contribution in [0, 0.1) is 0 Å². The molecule has 2 aromatic carbocycles. The minimum Gasteiger partial charge on any atom is -0.485 e.